The van der Waals surface area contributed by atoms with Crippen molar-refractivity contribution in [1.29, 1.82) is 0 Å². The average Bonchev–Trinajstić information content (AvgIpc) is 3.09. The van der Waals surface area contributed by atoms with Gasteiger partial charge < -0.3 is 16.0 Å². The molecule has 2 heterocycles. The molecule has 0 spiro atoms. The molecule has 2 atom stereocenters. The number of nitrogens with two attached hydrogens (primary N) is 1. The maximum absolute atomic E-state index is 5.72. The molecule has 5 nitrogen and oxygen atoms in total. The Balaban J connectivity index is 2.11. The normalized spacial score (nSPS) is 13.7. The van der Waals surface area contributed by atoms with Gasteiger partial charge in [-0.05, 0) is 44.4 Å². The summed E-state index contributed by atoms with van der Waals surface area (Å²) in [4.78, 5) is 12.2. The summed E-state index contributed by atoms with van der Waals surface area (Å²) in [5, 5.41) is 3.66. The number of nitrogens with one attached hydrogen (secondary N) is 2. The number of pyridine rings is 1. The molecule has 0 aromatic carbocycles. The van der Waals surface area contributed by atoms with Crippen LogP contribution in [0.2, 0.25) is 0 Å². The third-order valence-electron chi connectivity index (χ3n) is 4.15. The fourth-order valence-electron chi connectivity index (χ4n) is 2.84. The fraction of sp³-hybridized carbons (Fsp3) is 0.444. The molecule has 5 heteroatoms. The maximum Gasteiger partial charge on any atom is 0.111 e. The van der Waals surface area contributed by atoms with Crippen LogP contribution < -0.4 is 11.1 Å². The van der Waals surface area contributed by atoms with Crippen LogP contribution in [0.5, 0.6) is 0 Å². The van der Waals surface area contributed by atoms with Crippen molar-refractivity contribution in [2.75, 3.05) is 6.54 Å². The average molecular weight is 313 g/mol. The minimum atomic E-state index is 0.262. The standard InChI is InChI=1S/C18H27N5/c1-3-6-15(18-21-11-12-22-18)16(8-4-9-19)23-13-17-14(2)7-5-10-20-17/h3,5,7,10-12,15-16,23H,1,4,6,8-9,13,19H2,2H3,(H,21,22). The molecule has 0 fully saturated rings. The van der Waals surface area contributed by atoms with Gasteiger partial charge in [-0.1, -0.05) is 12.1 Å². The Bertz CT molecular complexity index is 579. The van der Waals surface area contributed by atoms with Crippen molar-refractivity contribution in [2.45, 2.75) is 44.7 Å². The van der Waals surface area contributed by atoms with Crippen molar-refractivity contribution in [3.05, 3.63) is 60.5 Å². The highest BCUT2D eigenvalue weighted by molar-refractivity contribution is 5.17. The zero-order chi connectivity index (χ0) is 16.5. The molecule has 2 unspecified atom stereocenters. The number of H-pyrrole nitrogens is 1. The van der Waals surface area contributed by atoms with Crippen molar-refractivity contribution >= 4 is 0 Å². The lowest BCUT2D eigenvalue weighted by Gasteiger charge is -2.26. The summed E-state index contributed by atoms with van der Waals surface area (Å²) in [7, 11) is 0. The van der Waals surface area contributed by atoms with Gasteiger partial charge in [0.1, 0.15) is 5.82 Å². The van der Waals surface area contributed by atoms with Gasteiger partial charge in [-0.3, -0.25) is 4.98 Å². The molecule has 2 aromatic rings. The van der Waals surface area contributed by atoms with Gasteiger partial charge in [0.05, 0.1) is 5.69 Å². The third-order valence-corrected chi connectivity index (χ3v) is 4.15. The minimum absolute atomic E-state index is 0.262. The Morgan fingerprint density at radius 2 is 2.26 bits per heavy atom. The lowest BCUT2D eigenvalue weighted by molar-refractivity contribution is 0.387. The van der Waals surface area contributed by atoms with E-state index in [1.165, 1.54) is 5.56 Å². The van der Waals surface area contributed by atoms with Gasteiger partial charge in [0, 0.05) is 37.1 Å². The molecule has 0 bridgehead atoms. The second-order valence-electron chi connectivity index (χ2n) is 5.79. The first-order valence-electron chi connectivity index (χ1n) is 8.20. The van der Waals surface area contributed by atoms with Gasteiger partial charge in [0.2, 0.25) is 0 Å². The van der Waals surface area contributed by atoms with Gasteiger partial charge in [-0.15, -0.1) is 6.58 Å². The van der Waals surface area contributed by atoms with Crippen LogP contribution in [0, 0.1) is 6.92 Å². The number of aromatic amines is 1. The van der Waals surface area contributed by atoms with Crippen LogP contribution in [-0.2, 0) is 6.54 Å². The smallest absolute Gasteiger partial charge is 0.111 e. The van der Waals surface area contributed by atoms with Crippen molar-refractivity contribution in [1.82, 2.24) is 20.3 Å². The Morgan fingerprint density at radius 1 is 1.39 bits per heavy atom. The minimum Gasteiger partial charge on any atom is -0.348 e. The first kappa shape index (κ1) is 17.4. The lowest BCUT2D eigenvalue weighted by Crippen LogP contribution is -2.36. The zero-order valence-electron chi connectivity index (χ0n) is 13.8. The van der Waals surface area contributed by atoms with Crippen LogP contribution in [0.1, 0.15) is 42.3 Å². The predicted molar refractivity (Wildman–Crippen MR) is 94.0 cm³/mol. The topological polar surface area (TPSA) is 79.6 Å². The Labute approximate surface area is 138 Å². The number of hydrogen-bond acceptors (Lipinski definition) is 4. The SMILES string of the molecule is C=CCC(c1ncc[nH]1)C(CCCN)NCc1ncccc1C. The molecule has 124 valence electrons. The largest absolute Gasteiger partial charge is 0.348 e. The maximum atomic E-state index is 5.72. The van der Waals surface area contributed by atoms with Gasteiger partial charge in [0.15, 0.2) is 0 Å². The van der Waals surface area contributed by atoms with E-state index >= 15 is 0 Å². The number of aromatic nitrogens is 3. The van der Waals surface area contributed by atoms with Crippen molar-refractivity contribution in [3.63, 3.8) is 0 Å². The van der Waals surface area contributed by atoms with E-state index in [1.54, 1.807) is 6.20 Å². The molecule has 2 aromatic heterocycles. The van der Waals surface area contributed by atoms with E-state index in [0.717, 1.165) is 37.3 Å². The van der Waals surface area contributed by atoms with Crippen molar-refractivity contribution in [2.24, 2.45) is 5.73 Å². The van der Waals surface area contributed by atoms with E-state index in [9.17, 15) is 0 Å². The highest BCUT2D eigenvalue weighted by Crippen LogP contribution is 2.24. The summed E-state index contributed by atoms with van der Waals surface area (Å²) in [6.07, 6.45) is 10.3. The summed E-state index contributed by atoms with van der Waals surface area (Å²) in [6.45, 7) is 7.43. The van der Waals surface area contributed by atoms with Gasteiger partial charge >= 0.3 is 0 Å². The Hall–Kier alpha value is -1.98. The van der Waals surface area contributed by atoms with Crippen LogP contribution in [0.3, 0.4) is 0 Å². The van der Waals surface area contributed by atoms with E-state index in [2.05, 4.69) is 39.8 Å². The highest BCUT2D eigenvalue weighted by Gasteiger charge is 2.23. The van der Waals surface area contributed by atoms with Crippen LogP contribution in [0.15, 0.2) is 43.4 Å². The number of nitrogens with zero attached hydrogens (tertiary/aromatic N) is 2. The second-order valence-corrected chi connectivity index (χ2v) is 5.79. The molecule has 0 aliphatic rings. The quantitative estimate of drug-likeness (QED) is 0.589. The second kappa shape index (κ2) is 9.22. The molecule has 0 radical (unpaired) electrons. The lowest BCUT2D eigenvalue weighted by atomic mass is 9.91. The number of hydrogen-bond donors (Lipinski definition) is 3. The van der Waals surface area contributed by atoms with Crippen molar-refractivity contribution in [3.8, 4) is 0 Å². The third kappa shape index (κ3) is 5.01. The Kier molecular flexibility index (Phi) is 6.97. The molecule has 0 amide bonds. The molecule has 0 aliphatic heterocycles. The summed E-state index contributed by atoms with van der Waals surface area (Å²) in [5.74, 6) is 1.26. The Morgan fingerprint density at radius 3 is 2.91 bits per heavy atom. The summed E-state index contributed by atoms with van der Waals surface area (Å²) < 4.78 is 0. The van der Waals surface area contributed by atoms with E-state index in [0.29, 0.717) is 6.54 Å². The van der Waals surface area contributed by atoms with E-state index in [4.69, 9.17) is 5.73 Å². The van der Waals surface area contributed by atoms with E-state index in [1.807, 2.05) is 24.5 Å². The van der Waals surface area contributed by atoms with E-state index in [-0.39, 0.29) is 12.0 Å². The number of aryl methyl sites for hydroxylation is 1. The molecule has 2 rings (SSSR count). The first-order chi connectivity index (χ1) is 11.3. The van der Waals surface area contributed by atoms with E-state index < -0.39 is 0 Å². The van der Waals surface area contributed by atoms with Gasteiger partial charge in [-0.25, -0.2) is 4.98 Å². The first-order valence-corrected chi connectivity index (χ1v) is 8.20. The van der Waals surface area contributed by atoms with Gasteiger partial charge in [-0.2, -0.15) is 0 Å². The van der Waals surface area contributed by atoms with Crippen LogP contribution in [-0.4, -0.2) is 27.5 Å². The van der Waals surface area contributed by atoms with Crippen molar-refractivity contribution < 1.29 is 0 Å². The molecule has 0 saturated heterocycles. The van der Waals surface area contributed by atoms with Crippen LogP contribution >= 0.6 is 0 Å². The van der Waals surface area contributed by atoms with Crippen LogP contribution in [0.4, 0.5) is 0 Å². The molecule has 23 heavy (non-hydrogen) atoms. The molecule has 4 N–H and O–H groups in total. The van der Waals surface area contributed by atoms with Gasteiger partial charge in [0.25, 0.3) is 0 Å². The fourth-order valence-corrected chi connectivity index (χ4v) is 2.84. The van der Waals surface area contributed by atoms with Crippen LogP contribution in [0.25, 0.3) is 0 Å². The molecule has 0 saturated carbocycles. The molecule has 0 aliphatic carbocycles. The summed E-state index contributed by atoms with van der Waals surface area (Å²) >= 11 is 0. The summed E-state index contributed by atoms with van der Waals surface area (Å²) in [6, 6.07) is 4.34. The molecular weight excluding hydrogens is 286 g/mol. The zero-order valence-corrected chi connectivity index (χ0v) is 13.8. The number of rotatable bonds is 10. The predicted octanol–water partition coefficient (Wildman–Crippen LogP) is 2.67. The highest BCUT2D eigenvalue weighted by atomic mass is 15.0. The summed E-state index contributed by atoms with van der Waals surface area (Å²) in [5.41, 5.74) is 8.01. The number of allylic oxidation sites excluding steroid dienone is 1. The number of imidazole rings is 1. The monoisotopic (exact) mass is 313 g/mol. The molecular formula is C18H27N5.